The van der Waals surface area contributed by atoms with Crippen LogP contribution in [0.25, 0.3) is 10.9 Å². The number of aryl methyl sites for hydroxylation is 2. The molecule has 0 atom stereocenters. The lowest BCUT2D eigenvalue weighted by Gasteiger charge is -2.08. The van der Waals surface area contributed by atoms with Crippen LogP contribution in [0.1, 0.15) is 11.3 Å². The van der Waals surface area contributed by atoms with Gasteiger partial charge in [-0.3, -0.25) is 4.68 Å². The maximum Gasteiger partial charge on any atom is 0.151 e. The molecule has 3 nitrogen and oxygen atoms in total. The number of benzene rings is 2. The van der Waals surface area contributed by atoms with Crippen LogP contribution in [0, 0.1) is 12.7 Å². The first kappa shape index (κ1) is 13.9. The first-order valence-electron chi connectivity index (χ1n) is 6.66. The van der Waals surface area contributed by atoms with Crippen molar-refractivity contribution in [2.24, 2.45) is 7.05 Å². The van der Waals surface area contributed by atoms with Gasteiger partial charge in [-0.2, -0.15) is 5.10 Å². The van der Waals surface area contributed by atoms with Crippen molar-refractivity contribution in [2.75, 3.05) is 5.32 Å². The van der Waals surface area contributed by atoms with Crippen LogP contribution >= 0.6 is 11.6 Å². The van der Waals surface area contributed by atoms with Crippen LogP contribution in [0.2, 0.25) is 5.02 Å². The third kappa shape index (κ3) is 2.72. The van der Waals surface area contributed by atoms with Crippen LogP contribution in [0.15, 0.2) is 36.4 Å². The lowest BCUT2D eigenvalue weighted by atomic mass is 10.1. The molecule has 1 heterocycles. The van der Waals surface area contributed by atoms with Crippen molar-refractivity contribution in [3.63, 3.8) is 0 Å². The molecule has 0 spiro atoms. The summed E-state index contributed by atoms with van der Waals surface area (Å²) in [5.74, 6) is -0.269. The molecule has 0 aliphatic carbocycles. The van der Waals surface area contributed by atoms with Gasteiger partial charge in [0.2, 0.25) is 0 Å². The maximum absolute atomic E-state index is 14.2. The zero-order chi connectivity index (χ0) is 15.0. The zero-order valence-electron chi connectivity index (χ0n) is 11.8. The van der Waals surface area contributed by atoms with Gasteiger partial charge in [-0.25, -0.2) is 4.39 Å². The van der Waals surface area contributed by atoms with E-state index in [-0.39, 0.29) is 5.82 Å². The van der Waals surface area contributed by atoms with E-state index >= 15 is 0 Å². The topological polar surface area (TPSA) is 29.9 Å². The minimum atomic E-state index is -0.269. The predicted molar refractivity (Wildman–Crippen MR) is 84.2 cm³/mol. The summed E-state index contributed by atoms with van der Waals surface area (Å²) in [5, 5.41) is 9.02. The number of rotatable bonds is 3. The molecule has 21 heavy (non-hydrogen) atoms. The second-order valence-electron chi connectivity index (χ2n) is 5.04. The summed E-state index contributed by atoms with van der Waals surface area (Å²) in [7, 11) is 1.75. The fourth-order valence-corrected chi connectivity index (χ4v) is 2.57. The van der Waals surface area contributed by atoms with Gasteiger partial charge >= 0.3 is 0 Å². The van der Waals surface area contributed by atoms with Gasteiger partial charge in [-0.1, -0.05) is 23.7 Å². The van der Waals surface area contributed by atoms with Gasteiger partial charge in [0.05, 0.1) is 5.69 Å². The van der Waals surface area contributed by atoms with Crippen molar-refractivity contribution in [1.82, 2.24) is 9.78 Å². The van der Waals surface area contributed by atoms with Crippen molar-refractivity contribution in [3.05, 3.63) is 58.5 Å². The van der Waals surface area contributed by atoms with E-state index in [2.05, 4.69) is 10.4 Å². The second kappa shape index (κ2) is 5.37. The average molecular weight is 304 g/mol. The summed E-state index contributed by atoms with van der Waals surface area (Å²) >= 11 is 5.86. The SMILES string of the molecule is Cc1nn(C)c2c(F)cc(NCc3ccc(Cl)cc3)cc12. The van der Waals surface area contributed by atoms with Crippen LogP contribution < -0.4 is 5.32 Å². The first-order valence-corrected chi connectivity index (χ1v) is 7.03. The molecular formula is C16H15ClFN3. The number of halogens is 2. The van der Waals surface area contributed by atoms with Crippen LogP contribution in [0.3, 0.4) is 0 Å². The summed E-state index contributed by atoms with van der Waals surface area (Å²) in [6.07, 6.45) is 0. The second-order valence-corrected chi connectivity index (χ2v) is 5.48. The molecular weight excluding hydrogens is 289 g/mol. The fourth-order valence-electron chi connectivity index (χ4n) is 2.44. The smallest absolute Gasteiger partial charge is 0.151 e. The van der Waals surface area contributed by atoms with E-state index in [1.54, 1.807) is 11.7 Å². The molecule has 0 saturated carbocycles. The van der Waals surface area contributed by atoms with Gasteiger partial charge < -0.3 is 5.32 Å². The molecule has 0 aliphatic heterocycles. The molecule has 1 aromatic heterocycles. The van der Waals surface area contributed by atoms with Crippen LogP contribution in [-0.4, -0.2) is 9.78 Å². The fraction of sp³-hybridized carbons (Fsp3) is 0.188. The third-order valence-corrected chi connectivity index (χ3v) is 3.74. The Labute approximate surface area is 127 Å². The minimum Gasteiger partial charge on any atom is -0.381 e. The molecule has 0 unspecified atom stereocenters. The highest BCUT2D eigenvalue weighted by Gasteiger charge is 2.11. The number of anilines is 1. The molecule has 1 N–H and O–H groups in total. The third-order valence-electron chi connectivity index (χ3n) is 3.49. The molecule has 5 heteroatoms. The Balaban J connectivity index is 1.87. The Morgan fingerprint density at radius 1 is 1.24 bits per heavy atom. The van der Waals surface area contributed by atoms with Gasteiger partial charge in [0.25, 0.3) is 0 Å². The summed E-state index contributed by atoms with van der Waals surface area (Å²) in [4.78, 5) is 0. The molecule has 0 fully saturated rings. The molecule has 0 amide bonds. The largest absolute Gasteiger partial charge is 0.381 e. The number of nitrogens with one attached hydrogen (secondary N) is 1. The van der Waals surface area contributed by atoms with Crippen molar-refractivity contribution in [3.8, 4) is 0 Å². The van der Waals surface area contributed by atoms with E-state index in [0.717, 1.165) is 22.3 Å². The van der Waals surface area contributed by atoms with Crippen molar-refractivity contribution >= 4 is 28.2 Å². The first-order chi connectivity index (χ1) is 10.0. The predicted octanol–water partition coefficient (Wildman–Crippen LogP) is 4.29. The summed E-state index contributed by atoms with van der Waals surface area (Å²) in [6, 6.07) is 11.0. The lowest BCUT2D eigenvalue weighted by Crippen LogP contribution is -2.00. The standard InChI is InChI=1S/C16H15ClFN3/c1-10-14-7-13(8-15(18)16(14)21(2)20-10)19-9-11-3-5-12(17)6-4-11/h3-8,19H,9H2,1-2H3. The normalized spacial score (nSPS) is 11.0. The zero-order valence-corrected chi connectivity index (χ0v) is 12.6. The van der Waals surface area contributed by atoms with Gasteiger partial charge in [-0.05, 0) is 36.8 Å². The van der Waals surface area contributed by atoms with E-state index < -0.39 is 0 Å². The van der Waals surface area contributed by atoms with Crippen molar-refractivity contribution < 1.29 is 4.39 Å². The van der Waals surface area contributed by atoms with E-state index in [0.29, 0.717) is 17.1 Å². The van der Waals surface area contributed by atoms with E-state index in [4.69, 9.17) is 11.6 Å². The number of hydrogen-bond acceptors (Lipinski definition) is 2. The van der Waals surface area contributed by atoms with Crippen LogP contribution in [-0.2, 0) is 13.6 Å². The molecule has 0 saturated heterocycles. The Morgan fingerprint density at radius 2 is 1.95 bits per heavy atom. The lowest BCUT2D eigenvalue weighted by molar-refractivity contribution is 0.625. The molecule has 3 rings (SSSR count). The minimum absolute atomic E-state index is 0.269. The monoisotopic (exact) mass is 303 g/mol. The van der Waals surface area contributed by atoms with E-state index in [9.17, 15) is 4.39 Å². The van der Waals surface area contributed by atoms with Crippen molar-refractivity contribution in [2.45, 2.75) is 13.5 Å². The Morgan fingerprint density at radius 3 is 2.67 bits per heavy atom. The summed E-state index contributed by atoms with van der Waals surface area (Å²) in [5.41, 5.74) is 3.18. The number of fused-ring (bicyclic) bond motifs is 1. The van der Waals surface area contributed by atoms with Crippen molar-refractivity contribution in [1.29, 1.82) is 0 Å². The van der Waals surface area contributed by atoms with E-state index in [1.165, 1.54) is 6.07 Å². The average Bonchev–Trinajstić information content (AvgIpc) is 2.74. The van der Waals surface area contributed by atoms with E-state index in [1.807, 2.05) is 37.3 Å². The maximum atomic E-state index is 14.2. The molecule has 108 valence electrons. The van der Waals surface area contributed by atoms with Gasteiger partial charge in [0.1, 0.15) is 5.52 Å². The molecule has 0 bridgehead atoms. The van der Waals surface area contributed by atoms with Crippen LogP contribution in [0.4, 0.5) is 10.1 Å². The highest BCUT2D eigenvalue weighted by molar-refractivity contribution is 6.30. The highest BCUT2D eigenvalue weighted by atomic mass is 35.5. The number of aromatic nitrogens is 2. The molecule has 3 aromatic rings. The molecule has 0 radical (unpaired) electrons. The van der Waals surface area contributed by atoms with Crippen LogP contribution in [0.5, 0.6) is 0 Å². The van der Waals surface area contributed by atoms with Gasteiger partial charge in [0.15, 0.2) is 5.82 Å². The number of hydrogen-bond donors (Lipinski definition) is 1. The Hall–Kier alpha value is -2.07. The van der Waals surface area contributed by atoms with Gasteiger partial charge in [0, 0.05) is 29.7 Å². The Bertz CT molecular complexity index is 793. The summed E-state index contributed by atoms with van der Waals surface area (Å²) in [6.45, 7) is 2.49. The molecule has 0 aliphatic rings. The summed E-state index contributed by atoms with van der Waals surface area (Å²) < 4.78 is 15.8. The number of nitrogens with zero attached hydrogens (tertiary/aromatic N) is 2. The highest BCUT2D eigenvalue weighted by Crippen LogP contribution is 2.25. The molecule has 2 aromatic carbocycles. The quantitative estimate of drug-likeness (QED) is 0.782. The Kier molecular flexibility index (Phi) is 3.55. The van der Waals surface area contributed by atoms with Gasteiger partial charge in [-0.15, -0.1) is 0 Å².